The summed E-state index contributed by atoms with van der Waals surface area (Å²) < 4.78 is 5.49. The minimum atomic E-state index is -0.303. The fourth-order valence-electron chi connectivity index (χ4n) is 4.44. The maximum atomic E-state index is 12.9. The van der Waals surface area contributed by atoms with E-state index in [4.69, 9.17) is 4.74 Å². The van der Waals surface area contributed by atoms with Gasteiger partial charge in [0.15, 0.2) is 0 Å². The molecule has 29 heavy (non-hydrogen) atoms. The number of hydrogen-bond donors (Lipinski definition) is 0. The second-order valence-corrected chi connectivity index (χ2v) is 8.13. The van der Waals surface area contributed by atoms with Crippen LogP contribution >= 0.6 is 0 Å². The third kappa shape index (κ3) is 4.61. The van der Waals surface area contributed by atoms with Gasteiger partial charge >= 0.3 is 0 Å². The Labute approximate surface area is 171 Å². The Balaban J connectivity index is 1.25. The lowest BCUT2D eigenvalue weighted by atomic mass is 10.1. The molecule has 1 aromatic carbocycles. The van der Waals surface area contributed by atoms with E-state index < -0.39 is 0 Å². The maximum absolute atomic E-state index is 12.9. The zero-order valence-corrected chi connectivity index (χ0v) is 16.8. The molecule has 0 N–H and O–H groups in total. The van der Waals surface area contributed by atoms with Crippen LogP contribution in [-0.2, 0) is 25.5 Å². The number of amides is 3. The number of hydrogen-bond acceptors (Lipinski definition) is 4. The summed E-state index contributed by atoms with van der Waals surface area (Å²) in [5.41, 5.74) is 1.20. The van der Waals surface area contributed by atoms with Crippen LogP contribution in [0.25, 0.3) is 0 Å². The third-order valence-electron chi connectivity index (χ3n) is 6.19. The van der Waals surface area contributed by atoms with Crippen molar-refractivity contribution in [2.75, 3.05) is 45.9 Å². The average Bonchev–Trinajstić information content (AvgIpc) is 3.42. The quantitative estimate of drug-likeness (QED) is 0.739. The van der Waals surface area contributed by atoms with E-state index in [1.165, 1.54) is 5.56 Å². The minimum absolute atomic E-state index is 0.0461. The number of carbonyl (C=O) groups excluding carboxylic acids is 3. The van der Waals surface area contributed by atoms with Gasteiger partial charge in [0.2, 0.25) is 11.8 Å². The number of nitrogens with zero attached hydrogens (tertiary/aromatic N) is 3. The molecule has 156 valence electrons. The Morgan fingerprint density at radius 2 is 1.69 bits per heavy atom. The predicted octanol–water partition coefficient (Wildman–Crippen LogP) is 0.927. The molecule has 2 atom stereocenters. The topological polar surface area (TPSA) is 70.2 Å². The lowest BCUT2D eigenvalue weighted by molar-refractivity contribution is -0.147. The lowest BCUT2D eigenvalue weighted by Crippen LogP contribution is -2.54. The van der Waals surface area contributed by atoms with Gasteiger partial charge < -0.3 is 19.4 Å². The van der Waals surface area contributed by atoms with Crippen LogP contribution in [-0.4, -0.2) is 84.4 Å². The van der Waals surface area contributed by atoms with E-state index in [1.807, 2.05) is 32.9 Å². The van der Waals surface area contributed by atoms with Gasteiger partial charge in [0, 0.05) is 52.3 Å². The molecule has 0 aromatic heterocycles. The van der Waals surface area contributed by atoms with E-state index in [1.54, 1.807) is 0 Å². The van der Waals surface area contributed by atoms with Crippen LogP contribution in [0.15, 0.2) is 30.3 Å². The van der Waals surface area contributed by atoms with Gasteiger partial charge in [0.05, 0.1) is 5.92 Å². The Bertz CT molecular complexity index is 740. The Morgan fingerprint density at radius 3 is 2.34 bits per heavy atom. The zero-order valence-electron chi connectivity index (χ0n) is 16.8. The van der Waals surface area contributed by atoms with Crippen molar-refractivity contribution < 1.29 is 19.1 Å². The maximum Gasteiger partial charge on any atom is 0.251 e. The van der Waals surface area contributed by atoms with E-state index >= 15 is 0 Å². The van der Waals surface area contributed by atoms with Crippen LogP contribution < -0.4 is 0 Å². The molecule has 2 unspecified atom stereocenters. The van der Waals surface area contributed by atoms with E-state index in [0.717, 1.165) is 19.3 Å². The molecule has 1 aromatic rings. The van der Waals surface area contributed by atoms with Crippen LogP contribution in [0, 0.1) is 5.92 Å². The second-order valence-electron chi connectivity index (χ2n) is 8.13. The summed E-state index contributed by atoms with van der Waals surface area (Å²) in [4.78, 5) is 43.2. The summed E-state index contributed by atoms with van der Waals surface area (Å²) in [7, 11) is 0. The highest BCUT2D eigenvalue weighted by molar-refractivity contribution is 5.89. The largest absolute Gasteiger partial charge is 0.368 e. The fourth-order valence-corrected chi connectivity index (χ4v) is 4.44. The fraction of sp³-hybridized carbons (Fsp3) is 0.591. The van der Waals surface area contributed by atoms with E-state index in [9.17, 15) is 14.4 Å². The van der Waals surface area contributed by atoms with Gasteiger partial charge in [-0.2, -0.15) is 0 Å². The molecule has 0 spiro atoms. The molecule has 0 radical (unpaired) electrons. The molecular formula is C22H29N3O4. The van der Waals surface area contributed by atoms with Crippen LogP contribution in [0.2, 0.25) is 0 Å². The number of rotatable bonds is 5. The van der Waals surface area contributed by atoms with E-state index in [2.05, 4.69) is 12.1 Å². The minimum Gasteiger partial charge on any atom is -0.368 e. The van der Waals surface area contributed by atoms with Crippen LogP contribution in [0.1, 0.15) is 24.8 Å². The van der Waals surface area contributed by atoms with Crippen molar-refractivity contribution in [3.63, 3.8) is 0 Å². The van der Waals surface area contributed by atoms with Crippen molar-refractivity contribution >= 4 is 17.7 Å². The van der Waals surface area contributed by atoms with Crippen molar-refractivity contribution in [1.29, 1.82) is 0 Å². The molecule has 4 rings (SSSR count). The Morgan fingerprint density at radius 1 is 1.00 bits per heavy atom. The summed E-state index contributed by atoms with van der Waals surface area (Å²) in [6.45, 7) is 3.96. The van der Waals surface area contributed by atoms with Gasteiger partial charge in [-0.25, -0.2) is 0 Å². The summed E-state index contributed by atoms with van der Waals surface area (Å²) in [5, 5.41) is 0. The SMILES string of the molecule is O=C1CC(C(=O)N2CCN(C(=O)C3CCCO3)CC2)CN1CCc1ccccc1. The monoisotopic (exact) mass is 399 g/mol. The lowest BCUT2D eigenvalue weighted by Gasteiger charge is -2.36. The van der Waals surface area contributed by atoms with Gasteiger partial charge in [0.25, 0.3) is 5.91 Å². The Kier molecular flexibility index (Phi) is 6.13. The van der Waals surface area contributed by atoms with Gasteiger partial charge in [-0.1, -0.05) is 30.3 Å². The van der Waals surface area contributed by atoms with Gasteiger partial charge in [-0.05, 0) is 24.8 Å². The first-order valence-electron chi connectivity index (χ1n) is 10.6. The molecule has 3 amide bonds. The normalized spacial score (nSPS) is 25.0. The first-order valence-corrected chi connectivity index (χ1v) is 10.6. The molecule has 7 nitrogen and oxygen atoms in total. The Hall–Kier alpha value is -2.41. The molecule has 3 fully saturated rings. The molecule has 0 aliphatic carbocycles. The second kappa shape index (κ2) is 8.95. The molecule has 3 saturated heterocycles. The molecular weight excluding hydrogens is 370 g/mol. The highest BCUT2D eigenvalue weighted by Gasteiger charge is 2.38. The standard InChI is InChI=1S/C22H29N3O4/c26-20-15-18(16-25(20)9-8-17-5-2-1-3-6-17)21(27)23-10-12-24(13-11-23)22(28)19-7-4-14-29-19/h1-3,5-6,18-19H,4,7-16H2. The highest BCUT2D eigenvalue weighted by atomic mass is 16.5. The van der Waals surface area contributed by atoms with Crippen molar-refractivity contribution in [2.24, 2.45) is 5.92 Å². The van der Waals surface area contributed by atoms with Gasteiger partial charge in [-0.15, -0.1) is 0 Å². The van der Waals surface area contributed by atoms with Crippen LogP contribution in [0.5, 0.6) is 0 Å². The highest BCUT2D eigenvalue weighted by Crippen LogP contribution is 2.22. The van der Waals surface area contributed by atoms with Gasteiger partial charge in [0.1, 0.15) is 6.10 Å². The van der Waals surface area contributed by atoms with Crippen molar-refractivity contribution in [1.82, 2.24) is 14.7 Å². The number of piperazine rings is 1. The number of likely N-dealkylation sites (tertiary alicyclic amines) is 1. The molecule has 0 saturated carbocycles. The zero-order chi connectivity index (χ0) is 20.2. The average molecular weight is 399 g/mol. The molecule has 0 bridgehead atoms. The first kappa shape index (κ1) is 19.9. The van der Waals surface area contributed by atoms with Crippen molar-refractivity contribution in [2.45, 2.75) is 31.8 Å². The van der Waals surface area contributed by atoms with E-state index in [0.29, 0.717) is 52.3 Å². The first-order chi connectivity index (χ1) is 14.1. The number of benzene rings is 1. The summed E-state index contributed by atoms with van der Waals surface area (Å²) in [5.74, 6) is -0.104. The molecule has 3 heterocycles. The smallest absolute Gasteiger partial charge is 0.251 e. The van der Waals surface area contributed by atoms with Crippen LogP contribution in [0.3, 0.4) is 0 Å². The summed E-state index contributed by atoms with van der Waals surface area (Å²) in [6, 6.07) is 10.1. The van der Waals surface area contributed by atoms with E-state index in [-0.39, 0.29) is 29.7 Å². The third-order valence-corrected chi connectivity index (χ3v) is 6.19. The summed E-state index contributed by atoms with van der Waals surface area (Å²) >= 11 is 0. The van der Waals surface area contributed by atoms with Crippen molar-refractivity contribution in [3.05, 3.63) is 35.9 Å². The number of carbonyl (C=O) groups is 3. The molecule has 3 aliphatic rings. The number of ether oxygens (including phenoxy) is 1. The van der Waals surface area contributed by atoms with Gasteiger partial charge in [-0.3, -0.25) is 14.4 Å². The summed E-state index contributed by atoms with van der Waals surface area (Å²) in [6.07, 6.45) is 2.52. The predicted molar refractivity (Wildman–Crippen MR) is 107 cm³/mol. The van der Waals surface area contributed by atoms with Crippen molar-refractivity contribution in [3.8, 4) is 0 Å². The van der Waals surface area contributed by atoms with Crippen LogP contribution in [0.4, 0.5) is 0 Å². The molecule has 7 heteroatoms. The molecule has 3 aliphatic heterocycles.